The number of carbonyl (C=O) groups excluding carboxylic acids is 2. The summed E-state index contributed by atoms with van der Waals surface area (Å²) in [5.74, 6) is 0.264. The molecule has 1 aliphatic rings. The first-order valence-corrected chi connectivity index (χ1v) is 9.94. The third kappa shape index (κ3) is 3.71. The van der Waals surface area contributed by atoms with E-state index in [1.54, 1.807) is 0 Å². The number of piperidine rings is 1. The fourth-order valence-corrected chi connectivity index (χ4v) is 4.14. The van der Waals surface area contributed by atoms with Crippen LogP contribution in [0, 0.1) is 5.92 Å². The van der Waals surface area contributed by atoms with Crippen molar-refractivity contribution < 1.29 is 14.5 Å². The number of hydrogen-bond acceptors (Lipinski definition) is 2. The zero-order chi connectivity index (χ0) is 19.5. The molecule has 0 bridgehead atoms. The van der Waals surface area contributed by atoms with Gasteiger partial charge in [-0.25, -0.2) is 0 Å². The lowest BCUT2D eigenvalue weighted by Crippen LogP contribution is -3.17. The van der Waals surface area contributed by atoms with Crippen LogP contribution in [0.2, 0.25) is 0 Å². The Balaban J connectivity index is 1.36. The Morgan fingerprint density at radius 3 is 2.46 bits per heavy atom. The van der Waals surface area contributed by atoms with Crippen molar-refractivity contribution >= 4 is 28.3 Å². The van der Waals surface area contributed by atoms with Gasteiger partial charge in [0.15, 0.2) is 0 Å². The van der Waals surface area contributed by atoms with Crippen LogP contribution in [0.5, 0.6) is 0 Å². The number of amides is 1. The second-order valence-electron chi connectivity index (χ2n) is 7.62. The monoisotopic (exact) mass is 376 g/mol. The highest BCUT2D eigenvalue weighted by Crippen LogP contribution is 2.19. The van der Waals surface area contributed by atoms with Gasteiger partial charge in [-0.1, -0.05) is 36.4 Å². The van der Waals surface area contributed by atoms with Crippen LogP contribution in [0.1, 0.15) is 30.1 Å². The number of likely N-dealkylation sites (tertiary alicyclic amines) is 1. The normalized spacial score (nSPS) is 20.6. The molecule has 1 amide bonds. The van der Waals surface area contributed by atoms with Crippen molar-refractivity contribution in [1.82, 2.24) is 4.98 Å². The molecule has 2 aromatic carbocycles. The van der Waals surface area contributed by atoms with Crippen molar-refractivity contribution in [3.05, 3.63) is 66.4 Å². The van der Waals surface area contributed by atoms with Crippen LogP contribution in [0.25, 0.3) is 10.9 Å². The van der Waals surface area contributed by atoms with Gasteiger partial charge in [0.05, 0.1) is 13.1 Å². The molecule has 0 aliphatic carbocycles. The van der Waals surface area contributed by atoms with E-state index in [1.165, 1.54) is 4.90 Å². The Morgan fingerprint density at radius 1 is 1.04 bits per heavy atom. The number of quaternary nitrogens is 1. The molecule has 144 valence electrons. The highest BCUT2D eigenvalue weighted by atomic mass is 16.2. The molecule has 1 aliphatic heterocycles. The van der Waals surface area contributed by atoms with Crippen molar-refractivity contribution in [3.63, 3.8) is 0 Å². The first kappa shape index (κ1) is 18.4. The van der Waals surface area contributed by atoms with E-state index in [2.05, 4.69) is 10.3 Å². The SMILES string of the molecule is C[C@H](C(=O)c1c[nH]c2ccccc12)[NH+]1CCC(C(=O)Nc2ccccc2)CC1. The van der Waals surface area contributed by atoms with Crippen LogP contribution in [0.4, 0.5) is 5.69 Å². The molecule has 0 unspecified atom stereocenters. The van der Waals surface area contributed by atoms with Crippen molar-refractivity contribution in [2.75, 3.05) is 18.4 Å². The van der Waals surface area contributed by atoms with E-state index < -0.39 is 0 Å². The van der Waals surface area contributed by atoms with Gasteiger partial charge in [-0.15, -0.1) is 0 Å². The topological polar surface area (TPSA) is 66.4 Å². The predicted molar refractivity (Wildman–Crippen MR) is 111 cm³/mol. The average Bonchev–Trinajstić information content (AvgIpc) is 3.17. The molecule has 28 heavy (non-hydrogen) atoms. The number of benzene rings is 2. The molecule has 0 saturated carbocycles. The van der Waals surface area contributed by atoms with Gasteiger partial charge in [-0.05, 0) is 25.1 Å². The lowest BCUT2D eigenvalue weighted by Gasteiger charge is -2.32. The molecule has 0 spiro atoms. The van der Waals surface area contributed by atoms with E-state index >= 15 is 0 Å². The molecule has 3 N–H and O–H groups in total. The number of Topliss-reactive ketones (excluding diaryl/α,β-unsaturated/α-hetero) is 1. The largest absolute Gasteiger partial charge is 0.360 e. The lowest BCUT2D eigenvalue weighted by atomic mass is 9.93. The number of anilines is 1. The summed E-state index contributed by atoms with van der Waals surface area (Å²) < 4.78 is 0. The zero-order valence-electron chi connectivity index (χ0n) is 16.1. The van der Waals surface area contributed by atoms with E-state index in [0.29, 0.717) is 0 Å². The van der Waals surface area contributed by atoms with Crippen LogP contribution in [0.3, 0.4) is 0 Å². The standard InChI is InChI=1S/C23H25N3O2/c1-16(22(27)20-15-24-21-10-6-5-9-19(20)21)26-13-11-17(12-14-26)23(28)25-18-7-3-2-4-8-18/h2-10,15-17,24H,11-14H2,1H3,(H,25,28)/p+1/t16-/m1/s1. The Labute approximate surface area is 164 Å². The van der Waals surface area contributed by atoms with Gasteiger partial charge in [0.2, 0.25) is 11.7 Å². The molecule has 5 heteroatoms. The van der Waals surface area contributed by atoms with Gasteiger partial charge < -0.3 is 15.2 Å². The number of nitrogens with one attached hydrogen (secondary N) is 3. The summed E-state index contributed by atoms with van der Waals surface area (Å²) in [5.41, 5.74) is 2.59. The molecule has 5 nitrogen and oxygen atoms in total. The molecular weight excluding hydrogens is 350 g/mol. The first-order valence-electron chi connectivity index (χ1n) is 9.94. The fourth-order valence-electron chi connectivity index (χ4n) is 4.14. The predicted octanol–water partition coefficient (Wildman–Crippen LogP) is 2.67. The summed E-state index contributed by atoms with van der Waals surface area (Å²) in [5, 5.41) is 3.98. The Hall–Kier alpha value is -2.92. The molecular formula is C23H26N3O2+. The minimum absolute atomic E-state index is 0.0133. The molecule has 1 saturated heterocycles. The highest BCUT2D eigenvalue weighted by molar-refractivity contribution is 6.09. The van der Waals surface area contributed by atoms with Crippen LogP contribution in [-0.4, -0.2) is 35.8 Å². The minimum Gasteiger partial charge on any atom is -0.360 e. The Kier molecular flexibility index (Phi) is 5.26. The second-order valence-corrected chi connectivity index (χ2v) is 7.62. The average molecular weight is 376 g/mol. The molecule has 1 fully saturated rings. The van der Waals surface area contributed by atoms with E-state index in [0.717, 1.165) is 48.1 Å². The van der Waals surface area contributed by atoms with Crippen LogP contribution >= 0.6 is 0 Å². The van der Waals surface area contributed by atoms with Crippen molar-refractivity contribution in [2.24, 2.45) is 5.92 Å². The lowest BCUT2D eigenvalue weighted by molar-refractivity contribution is -0.919. The smallest absolute Gasteiger partial charge is 0.227 e. The summed E-state index contributed by atoms with van der Waals surface area (Å²) in [6.07, 6.45) is 3.43. The minimum atomic E-state index is -0.114. The summed E-state index contributed by atoms with van der Waals surface area (Å²) in [7, 11) is 0. The molecule has 1 atom stereocenters. The fraction of sp³-hybridized carbons (Fsp3) is 0.304. The maximum Gasteiger partial charge on any atom is 0.227 e. The summed E-state index contributed by atoms with van der Waals surface area (Å²) >= 11 is 0. The quantitative estimate of drug-likeness (QED) is 0.600. The maximum absolute atomic E-state index is 13.1. The molecule has 2 heterocycles. The number of hydrogen-bond donors (Lipinski definition) is 3. The third-order valence-corrected chi connectivity index (χ3v) is 5.90. The molecule has 4 rings (SSSR count). The van der Waals surface area contributed by atoms with E-state index in [9.17, 15) is 9.59 Å². The van der Waals surface area contributed by atoms with E-state index in [-0.39, 0.29) is 23.7 Å². The number of aromatic amines is 1. The molecule has 0 radical (unpaired) electrons. The summed E-state index contributed by atoms with van der Waals surface area (Å²) in [6.45, 7) is 3.67. The van der Waals surface area contributed by atoms with Crippen LogP contribution < -0.4 is 10.2 Å². The van der Waals surface area contributed by atoms with Gasteiger partial charge in [0.25, 0.3) is 0 Å². The number of para-hydroxylation sites is 2. The number of H-pyrrole nitrogens is 1. The second kappa shape index (κ2) is 7.98. The van der Waals surface area contributed by atoms with Gasteiger partial charge >= 0.3 is 0 Å². The number of fused-ring (bicyclic) bond motifs is 1. The van der Waals surface area contributed by atoms with E-state index in [1.807, 2.05) is 67.7 Å². The third-order valence-electron chi connectivity index (χ3n) is 5.90. The van der Waals surface area contributed by atoms with Crippen molar-refractivity contribution in [2.45, 2.75) is 25.8 Å². The maximum atomic E-state index is 13.1. The summed E-state index contributed by atoms with van der Waals surface area (Å²) in [6, 6.07) is 17.4. The molecule has 1 aromatic heterocycles. The number of carbonyl (C=O) groups is 2. The Morgan fingerprint density at radius 2 is 1.71 bits per heavy atom. The highest BCUT2D eigenvalue weighted by Gasteiger charge is 2.33. The van der Waals surface area contributed by atoms with Crippen molar-refractivity contribution in [1.29, 1.82) is 0 Å². The first-order chi connectivity index (χ1) is 13.6. The van der Waals surface area contributed by atoms with Gasteiger partial charge in [-0.3, -0.25) is 9.59 Å². The number of rotatable bonds is 5. The van der Waals surface area contributed by atoms with Crippen molar-refractivity contribution in [3.8, 4) is 0 Å². The zero-order valence-corrected chi connectivity index (χ0v) is 16.1. The van der Waals surface area contributed by atoms with Gasteiger partial charge in [0, 0.05) is 47.1 Å². The van der Waals surface area contributed by atoms with E-state index in [4.69, 9.17) is 0 Å². The Bertz CT molecular complexity index is 972. The number of aromatic nitrogens is 1. The molecule has 3 aromatic rings. The van der Waals surface area contributed by atoms with Gasteiger partial charge in [-0.2, -0.15) is 0 Å². The van der Waals surface area contributed by atoms with Crippen LogP contribution in [0.15, 0.2) is 60.8 Å². The van der Waals surface area contributed by atoms with Crippen LogP contribution in [-0.2, 0) is 4.79 Å². The number of ketones is 1. The summed E-state index contributed by atoms with van der Waals surface area (Å²) in [4.78, 5) is 30.0. The van der Waals surface area contributed by atoms with Gasteiger partial charge in [0.1, 0.15) is 6.04 Å².